The highest BCUT2D eigenvalue weighted by Crippen LogP contribution is 2.35. The van der Waals surface area contributed by atoms with Crippen LogP contribution in [0.1, 0.15) is 13.3 Å². The number of pyridine rings is 1. The fourth-order valence-corrected chi connectivity index (χ4v) is 3.69. The van der Waals surface area contributed by atoms with E-state index in [1.807, 2.05) is 29.2 Å². The molecule has 2 aromatic carbocycles. The van der Waals surface area contributed by atoms with Gasteiger partial charge in [0, 0.05) is 36.3 Å². The van der Waals surface area contributed by atoms with Crippen molar-refractivity contribution in [3.63, 3.8) is 0 Å². The molecule has 0 saturated heterocycles. The predicted octanol–water partition coefficient (Wildman–Crippen LogP) is 4.45. The molecule has 1 aliphatic heterocycles. The third-order valence-corrected chi connectivity index (χ3v) is 5.73. The summed E-state index contributed by atoms with van der Waals surface area (Å²) >= 11 is 10.1. The molecule has 7 nitrogen and oxygen atoms in total. The van der Waals surface area contributed by atoms with Crippen LogP contribution in [0.2, 0.25) is 5.02 Å². The molecule has 2 heterocycles. The van der Waals surface area contributed by atoms with Crippen molar-refractivity contribution in [2.45, 2.75) is 19.4 Å². The second-order valence-corrected chi connectivity index (χ2v) is 8.60. The Morgan fingerprint density at radius 3 is 2.75 bits per heavy atom. The number of carbonyl (C=O) groups excluding carboxylic acids is 2. The summed E-state index contributed by atoms with van der Waals surface area (Å²) in [7, 11) is 0. The van der Waals surface area contributed by atoms with Crippen LogP contribution in [-0.2, 0) is 14.3 Å². The summed E-state index contributed by atoms with van der Waals surface area (Å²) in [4.78, 5) is 27.8. The Bertz CT molecular complexity index is 1240. The first-order chi connectivity index (χ1) is 17.3. The molecule has 1 unspecified atom stereocenters. The second kappa shape index (κ2) is 13.2. The number of nitrogens with one attached hydrogen (secondary N) is 1. The van der Waals surface area contributed by atoms with E-state index in [2.05, 4.69) is 28.5 Å². The molecule has 0 spiro atoms. The molecular weight excluding hydrogens is 508 g/mol. The van der Waals surface area contributed by atoms with E-state index in [9.17, 15) is 14.0 Å². The molecular formula is C26H27Cl2FN3O4+. The highest BCUT2D eigenvalue weighted by Gasteiger charge is 2.18. The molecule has 10 heteroatoms. The van der Waals surface area contributed by atoms with E-state index in [0.717, 1.165) is 28.4 Å². The second-order valence-electron chi connectivity index (χ2n) is 7.79. The van der Waals surface area contributed by atoms with Gasteiger partial charge in [0.2, 0.25) is 5.91 Å². The van der Waals surface area contributed by atoms with Crippen molar-refractivity contribution in [3.05, 3.63) is 72.2 Å². The van der Waals surface area contributed by atoms with Gasteiger partial charge in [-0.15, -0.1) is 0 Å². The Balaban J connectivity index is 0.000000658. The molecule has 0 aliphatic carbocycles. The Morgan fingerprint density at radius 1 is 1.28 bits per heavy atom. The Morgan fingerprint density at radius 2 is 2.06 bits per heavy atom. The first-order valence-electron chi connectivity index (χ1n) is 11.3. The van der Waals surface area contributed by atoms with Crippen molar-refractivity contribution in [1.82, 2.24) is 10.3 Å². The lowest BCUT2D eigenvalue weighted by molar-refractivity contribution is -0.297. The van der Waals surface area contributed by atoms with Crippen LogP contribution in [0.5, 0.6) is 5.75 Å². The van der Waals surface area contributed by atoms with Crippen LogP contribution in [-0.4, -0.2) is 48.5 Å². The first-order valence-corrected chi connectivity index (χ1v) is 12.1. The zero-order valence-electron chi connectivity index (χ0n) is 19.7. The van der Waals surface area contributed by atoms with Gasteiger partial charge in [0.15, 0.2) is 11.6 Å². The average molecular weight is 535 g/mol. The van der Waals surface area contributed by atoms with Gasteiger partial charge in [-0.05, 0) is 42.5 Å². The van der Waals surface area contributed by atoms with Gasteiger partial charge < -0.3 is 19.7 Å². The molecule has 2 bridgehead atoms. The number of hydrogen-bond donors (Lipinski definition) is 1. The van der Waals surface area contributed by atoms with Gasteiger partial charge in [-0.2, -0.15) is 0 Å². The van der Waals surface area contributed by atoms with Gasteiger partial charge >= 0.3 is 5.24 Å². The third-order valence-electron chi connectivity index (χ3n) is 5.28. The quantitative estimate of drug-likeness (QED) is 0.393. The maximum atomic E-state index is 13.8. The minimum Gasteiger partial charge on any atom is -0.491 e. The van der Waals surface area contributed by atoms with Gasteiger partial charge in [-0.1, -0.05) is 25.1 Å². The fraction of sp³-hybridized carbons (Fsp3) is 0.269. The third kappa shape index (κ3) is 7.40. The molecule has 190 valence electrons. The van der Waals surface area contributed by atoms with Crippen LogP contribution in [0.3, 0.4) is 0 Å². The molecule has 0 saturated carbocycles. The molecule has 0 radical (unpaired) electrons. The maximum Gasteiger partial charge on any atom is 0.423 e. The van der Waals surface area contributed by atoms with Crippen molar-refractivity contribution in [1.29, 1.82) is 0 Å². The fourth-order valence-electron chi connectivity index (χ4n) is 3.52. The van der Waals surface area contributed by atoms with Crippen molar-refractivity contribution in [3.8, 4) is 5.75 Å². The normalized spacial score (nSPS) is 15.6. The Kier molecular flexibility index (Phi) is 10.0. The summed E-state index contributed by atoms with van der Waals surface area (Å²) in [6.45, 7) is 6.41. The number of benzene rings is 2. The van der Waals surface area contributed by atoms with Crippen molar-refractivity contribution >= 4 is 45.0 Å². The molecule has 4 rings (SSSR count). The van der Waals surface area contributed by atoms with Crippen molar-refractivity contribution in [2.75, 3.05) is 31.3 Å². The van der Waals surface area contributed by atoms with E-state index < -0.39 is 11.1 Å². The molecule has 1 N–H and O–H groups in total. The van der Waals surface area contributed by atoms with Crippen LogP contribution < -0.4 is 15.0 Å². The van der Waals surface area contributed by atoms with Gasteiger partial charge in [0.1, 0.15) is 18.2 Å². The van der Waals surface area contributed by atoms with Gasteiger partial charge in [-0.25, -0.2) is 9.18 Å². The van der Waals surface area contributed by atoms with Crippen LogP contribution in [0.15, 0.2) is 61.3 Å². The van der Waals surface area contributed by atoms with Gasteiger partial charge in [-0.3, -0.25) is 9.78 Å². The topological polar surface area (TPSA) is 80.8 Å². The summed E-state index contributed by atoms with van der Waals surface area (Å²) in [5.41, 5.74) is 2.43. The van der Waals surface area contributed by atoms with E-state index in [1.54, 1.807) is 25.3 Å². The molecule has 1 amide bonds. The van der Waals surface area contributed by atoms with Crippen LogP contribution in [0.25, 0.3) is 10.9 Å². The number of rotatable bonds is 4. The summed E-state index contributed by atoms with van der Waals surface area (Å²) in [5.74, 6) is 0.132. The molecule has 3 aromatic rings. The predicted molar refractivity (Wildman–Crippen MR) is 135 cm³/mol. The minimum atomic E-state index is -0.471. The number of ether oxygens (including phenoxy) is 2. The minimum absolute atomic E-state index is 0.0502. The van der Waals surface area contributed by atoms with Gasteiger partial charge in [0.05, 0.1) is 35.5 Å². The van der Waals surface area contributed by atoms with Crippen molar-refractivity contribution in [2.24, 2.45) is 0 Å². The zero-order chi connectivity index (χ0) is 26.1. The van der Waals surface area contributed by atoms with E-state index >= 15 is 0 Å². The first kappa shape index (κ1) is 27.4. The zero-order valence-corrected chi connectivity index (χ0v) is 21.3. The molecule has 1 aromatic heterocycles. The van der Waals surface area contributed by atoms with Gasteiger partial charge in [0.25, 0.3) is 0 Å². The lowest BCUT2D eigenvalue weighted by atomic mass is 10.1. The number of aromatic nitrogens is 1. The monoisotopic (exact) mass is 534 g/mol. The number of amides is 1. The highest BCUT2D eigenvalue weighted by atomic mass is 35.5. The number of carbonyl (C=O) groups is 2. The SMILES string of the molecule is C=CC(=O)[ClH+].CCC(=O)NC1COCCN(c2ccc(F)c(Cl)c2)c2ccnc3ccc(cc23)OC1. The lowest BCUT2D eigenvalue weighted by Gasteiger charge is -2.28. The average Bonchev–Trinajstić information content (AvgIpc) is 2.88. The van der Waals surface area contributed by atoms with Crippen molar-refractivity contribution < 1.29 is 35.1 Å². The van der Waals surface area contributed by atoms with E-state index in [-0.39, 0.29) is 17.0 Å². The number of anilines is 2. The molecule has 36 heavy (non-hydrogen) atoms. The molecule has 1 aliphatic rings. The molecule has 0 fully saturated rings. The number of nitrogens with zero attached hydrogens (tertiary/aromatic N) is 2. The summed E-state index contributed by atoms with van der Waals surface area (Å²) < 4.78 is 25.6. The number of fused-ring (bicyclic) bond motifs is 1. The Labute approximate surface area is 218 Å². The van der Waals surface area contributed by atoms with E-state index in [4.69, 9.17) is 21.1 Å². The number of allylic oxidation sites excluding steroid dienone is 1. The highest BCUT2D eigenvalue weighted by molar-refractivity contribution is 6.31. The van der Waals surface area contributed by atoms with Crippen LogP contribution in [0, 0.1) is 17.4 Å². The Hall–Kier alpha value is -3.20. The summed E-state index contributed by atoms with van der Waals surface area (Å²) in [6.07, 6.45) is 3.22. The smallest absolute Gasteiger partial charge is 0.423 e. The number of halogens is 3. The lowest BCUT2D eigenvalue weighted by Crippen LogP contribution is -2.42. The number of hydrogen-bond acceptors (Lipinski definition) is 6. The maximum absolute atomic E-state index is 13.8. The summed E-state index contributed by atoms with van der Waals surface area (Å²) in [6, 6.07) is 11.9. The van der Waals surface area contributed by atoms with E-state index in [0.29, 0.717) is 38.5 Å². The standard InChI is InChI=1S/C23H23ClFN3O3.C3H4ClO/c1-2-23(29)27-15-13-30-10-9-28(16-3-5-20(25)19(24)11-16)22-7-8-26-21-6-4-17(31-14-15)12-18(21)22;1-2-3(4)5/h3-8,11-12,15H,2,9-10,13-14H2,1H3,(H,27,29);2,4H,1H2/q;+1. The largest absolute Gasteiger partial charge is 0.491 e. The summed E-state index contributed by atoms with van der Waals surface area (Å²) in [5, 5.41) is 3.47. The van der Waals surface area contributed by atoms with Crippen LogP contribution in [0.4, 0.5) is 15.8 Å². The van der Waals surface area contributed by atoms with E-state index in [1.165, 1.54) is 6.07 Å². The molecule has 1 atom stereocenters. The van der Waals surface area contributed by atoms with Crippen LogP contribution >= 0.6 is 11.6 Å².